The van der Waals surface area contributed by atoms with Crippen molar-refractivity contribution in [1.82, 2.24) is 9.55 Å². The van der Waals surface area contributed by atoms with Crippen molar-refractivity contribution >= 4 is 17.5 Å². The van der Waals surface area contributed by atoms with E-state index < -0.39 is 5.41 Å². The lowest BCUT2D eigenvalue weighted by atomic mass is 9.83. The van der Waals surface area contributed by atoms with Gasteiger partial charge in [-0.15, -0.1) is 0 Å². The Kier molecular flexibility index (Phi) is 3.76. The molecule has 0 amide bonds. The van der Waals surface area contributed by atoms with Crippen LogP contribution in [0, 0.1) is 0 Å². The number of imidazole rings is 1. The van der Waals surface area contributed by atoms with Crippen molar-refractivity contribution in [1.29, 1.82) is 0 Å². The molecule has 0 bridgehead atoms. The molecule has 0 aliphatic heterocycles. The summed E-state index contributed by atoms with van der Waals surface area (Å²) in [5.41, 5.74) is 0.326. The number of hydrogen-bond donors (Lipinski definition) is 0. The van der Waals surface area contributed by atoms with Crippen LogP contribution >= 0.6 is 11.6 Å². The Bertz CT molecular complexity index is 584. The number of aryl methyl sites for hydroxylation is 1. The summed E-state index contributed by atoms with van der Waals surface area (Å²) in [5, 5.41) is 0.670. The highest BCUT2D eigenvalue weighted by molar-refractivity contribution is 6.30. The first-order chi connectivity index (χ1) is 8.96. The summed E-state index contributed by atoms with van der Waals surface area (Å²) in [5.74, 6) is 0.802. The minimum absolute atomic E-state index is 0.0178. The largest absolute Gasteiger partial charge is 0.273 e. The van der Waals surface area contributed by atoms with Crippen molar-refractivity contribution in [3.63, 3.8) is 0 Å². The molecule has 2 aromatic rings. The molecular weight excluding hydrogens is 260 g/mol. The Morgan fingerprint density at radius 3 is 2.53 bits per heavy atom. The molecule has 0 unspecified atom stereocenters. The van der Waals surface area contributed by atoms with Crippen LogP contribution in [0.5, 0.6) is 0 Å². The topological polar surface area (TPSA) is 34.9 Å². The van der Waals surface area contributed by atoms with Crippen LogP contribution in [0.2, 0.25) is 5.02 Å². The number of rotatable bonds is 3. The maximum absolute atomic E-state index is 12.7. The van der Waals surface area contributed by atoms with Crippen LogP contribution in [0.3, 0.4) is 0 Å². The van der Waals surface area contributed by atoms with E-state index in [-0.39, 0.29) is 5.91 Å². The zero-order valence-electron chi connectivity index (χ0n) is 11.4. The van der Waals surface area contributed by atoms with Gasteiger partial charge in [0, 0.05) is 23.8 Å². The van der Waals surface area contributed by atoms with Crippen molar-refractivity contribution in [2.45, 2.75) is 32.6 Å². The molecule has 0 N–H and O–H groups in total. The van der Waals surface area contributed by atoms with E-state index in [1.165, 1.54) is 0 Å². The first-order valence-electron chi connectivity index (χ1n) is 6.30. The molecule has 0 atom stereocenters. The van der Waals surface area contributed by atoms with Crippen molar-refractivity contribution < 1.29 is 4.79 Å². The van der Waals surface area contributed by atoms with Gasteiger partial charge in [-0.3, -0.25) is 9.36 Å². The van der Waals surface area contributed by atoms with Gasteiger partial charge in [0.2, 0.25) is 5.91 Å². The predicted octanol–water partition coefficient (Wildman–Crippen LogP) is 3.72. The van der Waals surface area contributed by atoms with Gasteiger partial charge in [0.05, 0.1) is 5.41 Å². The van der Waals surface area contributed by atoms with Crippen molar-refractivity contribution in [2.75, 3.05) is 0 Å². The van der Waals surface area contributed by atoms with Gasteiger partial charge in [0.15, 0.2) is 0 Å². The van der Waals surface area contributed by atoms with E-state index in [9.17, 15) is 4.79 Å². The average Bonchev–Trinajstić information content (AvgIpc) is 2.86. The zero-order chi connectivity index (χ0) is 14.0. The fourth-order valence-corrected chi connectivity index (χ4v) is 2.20. The maximum atomic E-state index is 12.7. The summed E-state index contributed by atoms with van der Waals surface area (Å²) in [6.07, 6.45) is 4.11. The van der Waals surface area contributed by atoms with Crippen molar-refractivity contribution in [3.05, 3.63) is 53.1 Å². The molecule has 0 spiro atoms. The summed E-state index contributed by atoms with van der Waals surface area (Å²) >= 11 is 5.89. The van der Waals surface area contributed by atoms with E-state index in [0.717, 1.165) is 17.8 Å². The Hall–Kier alpha value is -1.61. The molecule has 1 heterocycles. The molecule has 0 fully saturated rings. The molecule has 1 aromatic heterocycles. The normalized spacial score (nSPS) is 11.6. The molecule has 0 saturated carbocycles. The zero-order valence-corrected chi connectivity index (χ0v) is 12.1. The third-order valence-corrected chi connectivity index (χ3v) is 3.60. The van der Waals surface area contributed by atoms with Gasteiger partial charge in [-0.2, -0.15) is 0 Å². The monoisotopic (exact) mass is 276 g/mol. The number of halogens is 1. The van der Waals surface area contributed by atoms with E-state index in [4.69, 9.17) is 11.6 Å². The third kappa shape index (κ3) is 2.56. The highest BCUT2D eigenvalue weighted by atomic mass is 35.5. The molecular formula is C15H17ClN2O. The number of benzene rings is 1. The van der Waals surface area contributed by atoms with E-state index in [0.29, 0.717) is 5.02 Å². The lowest BCUT2D eigenvalue weighted by Gasteiger charge is -2.24. The standard InChI is InChI=1S/C15H17ClN2O/c1-4-13-17-9-10-18(13)14(19)15(2,3)11-5-7-12(16)8-6-11/h5-10H,4H2,1-3H3. The van der Waals surface area contributed by atoms with Crippen LogP contribution in [0.1, 0.15) is 37.0 Å². The van der Waals surface area contributed by atoms with Crippen LogP contribution in [0.15, 0.2) is 36.7 Å². The highest BCUT2D eigenvalue weighted by Crippen LogP contribution is 2.27. The fourth-order valence-electron chi connectivity index (χ4n) is 2.07. The van der Waals surface area contributed by atoms with Gasteiger partial charge < -0.3 is 0 Å². The van der Waals surface area contributed by atoms with Crippen LogP contribution in [-0.2, 0) is 11.8 Å². The van der Waals surface area contributed by atoms with Gasteiger partial charge in [0.1, 0.15) is 5.82 Å². The molecule has 19 heavy (non-hydrogen) atoms. The second kappa shape index (κ2) is 5.17. The van der Waals surface area contributed by atoms with Gasteiger partial charge in [-0.1, -0.05) is 30.7 Å². The summed E-state index contributed by atoms with van der Waals surface area (Å²) in [6.45, 7) is 5.82. The smallest absolute Gasteiger partial charge is 0.242 e. The van der Waals surface area contributed by atoms with E-state index in [2.05, 4.69) is 4.98 Å². The Morgan fingerprint density at radius 1 is 1.32 bits per heavy atom. The Labute approximate surface area is 118 Å². The summed E-state index contributed by atoms with van der Waals surface area (Å²) in [4.78, 5) is 16.9. The first kappa shape index (κ1) is 13.8. The lowest BCUT2D eigenvalue weighted by molar-refractivity contribution is 0.0818. The molecule has 1 aromatic carbocycles. The number of carbonyl (C=O) groups excluding carboxylic acids is 1. The highest BCUT2D eigenvalue weighted by Gasteiger charge is 2.31. The number of carbonyl (C=O) groups is 1. The van der Waals surface area contributed by atoms with Crippen LogP contribution in [0.25, 0.3) is 0 Å². The third-order valence-electron chi connectivity index (χ3n) is 3.35. The van der Waals surface area contributed by atoms with Gasteiger partial charge >= 0.3 is 0 Å². The van der Waals surface area contributed by atoms with Gasteiger partial charge in [-0.25, -0.2) is 4.98 Å². The molecule has 0 aliphatic rings. The lowest BCUT2D eigenvalue weighted by Crippen LogP contribution is -2.34. The van der Waals surface area contributed by atoms with Crippen molar-refractivity contribution in [2.24, 2.45) is 0 Å². The molecule has 2 rings (SSSR count). The maximum Gasteiger partial charge on any atom is 0.242 e. The molecule has 0 radical (unpaired) electrons. The second-order valence-electron chi connectivity index (χ2n) is 5.00. The first-order valence-corrected chi connectivity index (χ1v) is 6.67. The van der Waals surface area contributed by atoms with E-state index in [1.807, 2.05) is 32.9 Å². The SMILES string of the molecule is CCc1nccn1C(=O)C(C)(C)c1ccc(Cl)cc1. The molecule has 100 valence electrons. The van der Waals surface area contributed by atoms with E-state index in [1.54, 1.807) is 29.1 Å². The minimum Gasteiger partial charge on any atom is -0.273 e. The van der Waals surface area contributed by atoms with Crippen LogP contribution < -0.4 is 0 Å². The summed E-state index contributed by atoms with van der Waals surface area (Å²) in [6, 6.07) is 7.40. The van der Waals surface area contributed by atoms with E-state index >= 15 is 0 Å². The van der Waals surface area contributed by atoms with Crippen molar-refractivity contribution in [3.8, 4) is 0 Å². The fraction of sp³-hybridized carbons (Fsp3) is 0.333. The van der Waals surface area contributed by atoms with Gasteiger partial charge in [0.25, 0.3) is 0 Å². The Morgan fingerprint density at radius 2 is 1.95 bits per heavy atom. The number of aromatic nitrogens is 2. The second-order valence-corrected chi connectivity index (χ2v) is 5.44. The van der Waals surface area contributed by atoms with Gasteiger partial charge in [-0.05, 0) is 31.5 Å². The number of nitrogens with zero attached hydrogens (tertiary/aromatic N) is 2. The van der Waals surface area contributed by atoms with Crippen LogP contribution in [0.4, 0.5) is 0 Å². The minimum atomic E-state index is -0.616. The molecule has 0 aliphatic carbocycles. The molecule has 3 nitrogen and oxygen atoms in total. The van der Waals surface area contributed by atoms with Crippen LogP contribution in [-0.4, -0.2) is 15.5 Å². The molecule has 0 saturated heterocycles. The Balaban J connectivity index is 2.39. The molecule has 4 heteroatoms. The quantitative estimate of drug-likeness (QED) is 0.856. The average molecular weight is 277 g/mol. The summed E-state index contributed by atoms with van der Waals surface area (Å²) < 4.78 is 1.63. The summed E-state index contributed by atoms with van der Waals surface area (Å²) in [7, 11) is 0. The number of hydrogen-bond acceptors (Lipinski definition) is 2. The predicted molar refractivity (Wildman–Crippen MR) is 76.7 cm³/mol.